The highest BCUT2D eigenvalue weighted by Crippen LogP contribution is 2.27. The monoisotopic (exact) mass is 276 g/mol. The van der Waals surface area contributed by atoms with Crippen LogP contribution >= 0.6 is 0 Å². The first-order valence-electron chi connectivity index (χ1n) is 6.77. The summed E-state index contributed by atoms with van der Waals surface area (Å²) in [4.78, 5) is 22.9. The van der Waals surface area contributed by atoms with E-state index >= 15 is 0 Å². The van der Waals surface area contributed by atoms with Gasteiger partial charge < -0.3 is 21.3 Å². The topological polar surface area (TPSA) is 82.3 Å². The van der Waals surface area contributed by atoms with Crippen LogP contribution in [-0.2, 0) is 4.79 Å². The van der Waals surface area contributed by atoms with Gasteiger partial charge in [-0.15, -0.1) is 0 Å². The van der Waals surface area contributed by atoms with Gasteiger partial charge in [-0.25, -0.2) is 4.79 Å². The van der Waals surface area contributed by atoms with Gasteiger partial charge in [-0.1, -0.05) is 6.07 Å². The van der Waals surface area contributed by atoms with Crippen molar-refractivity contribution in [1.82, 2.24) is 10.6 Å². The molecule has 0 spiro atoms. The largest absolute Gasteiger partial charge is 0.341 e. The van der Waals surface area contributed by atoms with Gasteiger partial charge in [-0.2, -0.15) is 0 Å². The molecule has 1 saturated carbocycles. The minimum Gasteiger partial charge on any atom is -0.341 e. The summed E-state index contributed by atoms with van der Waals surface area (Å²) in [6, 6.07) is 6.75. The number of benzene rings is 1. The highest BCUT2D eigenvalue weighted by Gasteiger charge is 2.20. The third-order valence-electron chi connectivity index (χ3n) is 3.05. The summed E-state index contributed by atoms with van der Waals surface area (Å²) in [6.45, 7) is 1.22. The van der Waals surface area contributed by atoms with E-state index in [9.17, 15) is 9.59 Å². The maximum Gasteiger partial charge on any atom is 0.318 e. The zero-order chi connectivity index (χ0) is 14.4. The number of carbonyl (C=O) groups excluding carboxylic acids is 2. The highest BCUT2D eigenvalue weighted by atomic mass is 16.2. The molecule has 0 bridgehead atoms. The maximum atomic E-state index is 11.7. The number of rotatable bonds is 6. The van der Waals surface area contributed by atoms with E-state index in [0.717, 1.165) is 12.5 Å². The molecule has 0 heterocycles. The van der Waals surface area contributed by atoms with Crippen molar-refractivity contribution in [3.05, 3.63) is 24.3 Å². The lowest BCUT2D eigenvalue weighted by atomic mass is 10.2. The van der Waals surface area contributed by atoms with Crippen molar-refractivity contribution in [2.75, 3.05) is 30.8 Å². The van der Waals surface area contributed by atoms with Crippen LogP contribution < -0.4 is 21.3 Å². The molecule has 0 radical (unpaired) electrons. The molecular weight excluding hydrogens is 256 g/mol. The van der Waals surface area contributed by atoms with E-state index in [2.05, 4.69) is 21.3 Å². The quantitative estimate of drug-likeness (QED) is 0.633. The first kappa shape index (κ1) is 14.3. The van der Waals surface area contributed by atoms with Crippen LogP contribution in [0.25, 0.3) is 0 Å². The van der Waals surface area contributed by atoms with E-state index in [0.29, 0.717) is 17.9 Å². The van der Waals surface area contributed by atoms with Crippen molar-refractivity contribution in [1.29, 1.82) is 0 Å². The Bertz CT molecular complexity index is 486. The Morgan fingerprint density at radius 3 is 2.55 bits per heavy atom. The maximum absolute atomic E-state index is 11.7. The van der Waals surface area contributed by atoms with E-state index in [1.807, 2.05) is 0 Å². The van der Waals surface area contributed by atoms with Crippen molar-refractivity contribution in [3.63, 3.8) is 0 Å². The fourth-order valence-electron chi connectivity index (χ4n) is 1.79. The van der Waals surface area contributed by atoms with Crippen molar-refractivity contribution in [3.8, 4) is 0 Å². The molecule has 1 fully saturated rings. The van der Waals surface area contributed by atoms with Gasteiger partial charge in [0.25, 0.3) is 0 Å². The minimum atomic E-state index is -0.292. The molecule has 0 atom stereocenters. The molecular formula is C14H20N4O2. The Morgan fingerprint density at radius 2 is 1.90 bits per heavy atom. The fraction of sp³-hybridized carbons (Fsp3) is 0.429. The summed E-state index contributed by atoms with van der Waals surface area (Å²) in [5.74, 6) is 0.672. The van der Waals surface area contributed by atoms with E-state index in [-0.39, 0.29) is 11.9 Å². The molecule has 2 rings (SSSR count). The molecule has 6 nitrogen and oxygen atoms in total. The molecule has 3 amide bonds. The van der Waals surface area contributed by atoms with Crippen molar-refractivity contribution < 1.29 is 9.59 Å². The number of carbonyl (C=O) groups is 2. The molecule has 1 aliphatic carbocycles. The van der Waals surface area contributed by atoms with Gasteiger partial charge in [0.05, 0.1) is 6.54 Å². The fourth-order valence-corrected chi connectivity index (χ4v) is 1.79. The molecule has 1 aromatic carbocycles. The molecule has 0 saturated heterocycles. The first-order valence-corrected chi connectivity index (χ1v) is 6.77. The summed E-state index contributed by atoms with van der Waals surface area (Å²) < 4.78 is 0. The van der Waals surface area contributed by atoms with E-state index in [1.54, 1.807) is 31.3 Å². The standard InChI is InChI=1S/C14H20N4O2/c1-15-14(20)18-12-4-2-3-11(7-12)17-13(19)9-16-8-10-5-6-10/h2-4,7,10,16H,5-6,8-9H2,1H3,(H,17,19)(H2,15,18,20). The number of hydrogen-bond acceptors (Lipinski definition) is 3. The molecule has 20 heavy (non-hydrogen) atoms. The predicted octanol–water partition coefficient (Wildman–Crippen LogP) is 1.38. The van der Waals surface area contributed by atoms with Crippen molar-refractivity contribution >= 4 is 23.3 Å². The highest BCUT2D eigenvalue weighted by molar-refractivity contribution is 5.94. The number of anilines is 2. The summed E-state index contributed by atoms with van der Waals surface area (Å²) in [5.41, 5.74) is 1.30. The van der Waals surface area contributed by atoms with Crippen LogP contribution in [0.5, 0.6) is 0 Å². The Balaban J connectivity index is 1.79. The van der Waals surface area contributed by atoms with Gasteiger partial charge in [0, 0.05) is 18.4 Å². The van der Waals surface area contributed by atoms with Crippen LogP contribution in [0.4, 0.5) is 16.2 Å². The normalized spacial score (nSPS) is 13.7. The van der Waals surface area contributed by atoms with Gasteiger partial charge in [0.2, 0.25) is 5.91 Å². The second kappa shape index (κ2) is 6.91. The lowest BCUT2D eigenvalue weighted by Gasteiger charge is -2.09. The van der Waals surface area contributed by atoms with Gasteiger partial charge in [0.1, 0.15) is 0 Å². The molecule has 1 aliphatic rings. The average Bonchev–Trinajstić information content (AvgIpc) is 3.23. The first-order chi connectivity index (χ1) is 9.67. The van der Waals surface area contributed by atoms with Crippen LogP contribution in [0.15, 0.2) is 24.3 Å². The van der Waals surface area contributed by atoms with Crippen LogP contribution in [-0.4, -0.2) is 32.1 Å². The Morgan fingerprint density at radius 1 is 1.20 bits per heavy atom. The van der Waals surface area contributed by atoms with Gasteiger partial charge in [-0.3, -0.25) is 4.79 Å². The van der Waals surface area contributed by atoms with Crippen LogP contribution in [0.1, 0.15) is 12.8 Å². The molecule has 0 unspecified atom stereocenters. The Hall–Kier alpha value is -2.08. The van der Waals surface area contributed by atoms with Crippen molar-refractivity contribution in [2.24, 2.45) is 5.92 Å². The number of nitrogens with one attached hydrogen (secondary N) is 4. The number of hydrogen-bond donors (Lipinski definition) is 4. The van der Waals surface area contributed by atoms with Gasteiger partial charge in [0.15, 0.2) is 0 Å². The lowest BCUT2D eigenvalue weighted by Crippen LogP contribution is -2.29. The molecule has 1 aromatic rings. The SMILES string of the molecule is CNC(=O)Nc1cccc(NC(=O)CNCC2CC2)c1. The number of urea groups is 1. The summed E-state index contributed by atoms with van der Waals surface area (Å²) >= 11 is 0. The zero-order valence-corrected chi connectivity index (χ0v) is 11.5. The Labute approximate surface area is 118 Å². The zero-order valence-electron chi connectivity index (χ0n) is 11.5. The summed E-state index contributed by atoms with van der Waals surface area (Å²) in [6.07, 6.45) is 2.53. The lowest BCUT2D eigenvalue weighted by molar-refractivity contribution is -0.115. The van der Waals surface area contributed by atoms with Crippen LogP contribution in [0, 0.1) is 5.92 Å². The third-order valence-corrected chi connectivity index (χ3v) is 3.05. The van der Waals surface area contributed by atoms with Gasteiger partial charge in [-0.05, 0) is 43.5 Å². The smallest absolute Gasteiger partial charge is 0.318 e. The molecule has 4 N–H and O–H groups in total. The molecule has 0 aromatic heterocycles. The van der Waals surface area contributed by atoms with Crippen LogP contribution in [0.2, 0.25) is 0 Å². The summed E-state index contributed by atoms with van der Waals surface area (Å²) in [7, 11) is 1.55. The number of amides is 3. The van der Waals surface area contributed by atoms with E-state index < -0.39 is 0 Å². The average molecular weight is 276 g/mol. The summed E-state index contributed by atoms with van der Waals surface area (Å²) in [5, 5.41) is 11.1. The predicted molar refractivity (Wildman–Crippen MR) is 78.7 cm³/mol. The molecule has 6 heteroatoms. The van der Waals surface area contributed by atoms with E-state index in [4.69, 9.17) is 0 Å². The second-order valence-corrected chi connectivity index (χ2v) is 4.91. The van der Waals surface area contributed by atoms with E-state index in [1.165, 1.54) is 12.8 Å². The van der Waals surface area contributed by atoms with Crippen molar-refractivity contribution in [2.45, 2.75) is 12.8 Å². The van der Waals surface area contributed by atoms with Gasteiger partial charge >= 0.3 is 6.03 Å². The minimum absolute atomic E-state index is 0.0808. The third kappa shape index (κ3) is 4.89. The van der Waals surface area contributed by atoms with Crippen LogP contribution in [0.3, 0.4) is 0 Å². The second-order valence-electron chi connectivity index (χ2n) is 4.91. The molecule has 108 valence electrons. The molecule has 0 aliphatic heterocycles. The Kier molecular flexibility index (Phi) is 4.95.